The summed E-state index contributed by atoms with van der Waals surface area (Å²) < 4.78 is 0. The molecule has 4 heteroatoms. The van der Waals surface area contributed by atoms with Gasteiger partial charge in [-0.3, -0.25) is 4.79 Å². The Balaban J connectivity index is 1.42. The first kappa shape index (κ1) is 28.5. The summed E-state index contributed by atoms with van der Waals surface area (Å²) in [4.78, 5) is 12.8. The van der Waals surface area contributed by atoms with Gasteiger partial charge in [-0.15, -0.1) is 0 Å². The first-order chi connectivity index (χ1) is 17.6. The first-order valence-corrected chi connectivity index (χ1v) is 15.0. The lowest BCUT2D eigenvalue weighted by atomic mass is 9.61. The van der Waals surface area contributed by atoms with Crippen molar-refractivity contribution in [2.24, 2.45) is 28.6 Å². The number of aliphatic hydroxyl groups excluding tert-OH is 3. The molecule has 0 aromatic carbocycles. The molecule has 37 heavy (non-hydrogen) atoms. The third-order valence-electron chi connectivity index (χ3n) is 10.5. The van der Waals surface area contributed by atoms with Gasteiger partial charge in [0.2, 0.25) is 0 Å². The molecule has 0 heterocycles. The molecule has 7 atom stereocenters. The van der Waals surface area contributed by atoms with E-state index in [1.165, 1.54) is 31.3 Å². The molecule has 4 aliphatic carbocycles. The summed E-state index contributed by atoms with van der Waals surface area (Å²) in [5.41, 5.74) is 2.94. The first-order valence-electron chi connectivity index (χ1n) is 15.0. The van der Waals surface area contributed by atoms with E-state index in [0.717, 1.165) is 49.7 Å². The molecule has 0 radical (unpaired) electrons. The quantitative estimate of drug-likeness (QED) is 0.228. The van der Waals surface area contributed by atoms with Gasteiger partial charge in [-0.25, -0.2) is 0 Å². The van der Waals surface area contributed by atoms with E-state index in [1.807, 2.05) is 6.08 Å². The van der Waals surface area contributed by atoms with Crippen LogP contribution in [0.1, 0.15) is 104 Å². The Bertz CT molecular complexity index is 938. The number of allylic oxidation sites excluding steroid dienone is 4. The highest BCUT2D eigenvalue weighted by molar-refractivity contribution is 5.88. The fraction of sp³-hybridized carbons (Fsp3) is 0.727. The summed E-state index contributed by atoms with van der Waals surface area (Å²) in [6.45, 7) is 11.0. The maximum Gasteiger partial charge on any atom is 0.141 e. The molecule has 3 N–H and O–H groups in total. The second kappa shape index (κ2) is 11.7. The third-order valence-corrected chi connectivity index (χ3v) is 10.5. The SMILES string of the molecule is C=C1/C(=C\C=C2/CCC[C@]3(C)[C@@H]([C@H](C)/C=C/[C@H](O)C4(C(=O)CCCCC)CC4)CC[C@@H]23)C[C@@H](O)C[C@@H]1O. The lowest BCUT2D eigenvalue weighted by Gasteiger charge is -2.44. The molecular formula is C33H50O4. The van der Waals surface area contributed by atoms with Gasteiger partial charge < -0.3 is 15.3 Å². The molecule has 0 amide bonds. The van der Waals surface area contributed by atoms with Crippen molar-refractivity contribution in [3.63, 3.8) is 0 Å². The van der Waals surface area contributed by atoms with E-state index in [2.05, 4.69) is 45.6 Å². The van der Waals surface area contributed by atoms with E-state index in [-0.39, 0.29) is 11.2 Å². The second-order valence-corrected chi connectivity index (χ2v) is 12.9. The zero-order chi connectivity index (χ0) is 26.8. The fourth-order valence-corrected chi connectivity index (χ4v) is 7.87. The molecule has 0 aromatic rings. The van der Waals surface area contributed by atoms with Crippen molar-refractivity contribution < 1.29 is 20.1 Å². The number of hydrogen-bond donors (Lipinski definition) is 3. The van der Waals surface area contributed by atoms with Gasteiger partial charge in [0.1, 0.15) is 5.78 Å². The third kappa shape index (κ3) is 5.92. The zero-order valence-corrected chi connectivity index (χ0v) is 23.4. The number of carbonyl (C=O) groups excluding carboxylic acids is 1. The van der Waals surface area contributed by atoms with Gasteiger partial charge in [0.05, 0.1) is 23.7 Å². The van der Waals surface area contributed by atoms with E-state index in [4.69, 9.17) is 0 Å². The second-order valence-electron chi connectivity index (χ2n) is 12.9. The van der Waals surface area contributed by atoms with Gasteiger partial charge in [0.15, 0.2) is 0 Å². The number of Topliss-reactive ketones (excluding diaryl/α,β-unsaturated/α-hetero) is 1. The molecule has 0 aliphatic heterocycles. The predicted octanol–water partition coefficient (Wildman–Crippen LogP) is 6.61. The van der Waals surface area contributed by atoms with Crippen molar-refractivity contribution in [2.75, 3.05) is 0 Å². The molecule has 0 saturated heterocycles. The molecule has 0 bridgehead atoms. The van der Waals surface area contributed by atoms with Gasteiger partial charge in [-0.2, -0.15) is 0 Å². The molecule has 4 aliphatic rings. The topological polar surface area (TPSA) is 77.8 Å². The zero-order valence-electron chi connectivity index (χ0n) is 23.4. The van der Waals surface area contributed by atoms with Crippen LogP contribution < -0.4 is 0 Å². The molecule has 4 fully saturated rings. The summed E-state index contributed by atoms with van der Waals surface area (Å²) in [6, 6.07) is 0. The predicted molar refractivity (Wildman–Crippen MR) is 150 cm³/mol. The Kier molecular flexibility index (Phi) is 9.03. The Morgan fingerprint density at radius 3 is 2.59 bits per heavy atom. The molecule has 4 nitrogen and oxygen atoms in total. The molecule has 0 unspecified atom stereocenters. The Morgan fingerprint density at radius 2 is 1.89 bits per heavy atom. The van der Waals surface area contributed by atoms with E-state index in [9.17, 15) is 20.1 Å². The smallest absolute Gasteiger partial charge is 0.141 e. The van der Waals surface area contributed by atoms with E-state index >= 15 is 0 Å². The molecular weight excluding hydrogens is 460 g/mol. The molecule has 0 aromatic heterocycles. The Hall–Kier alpha value is -1.49. The lowest BCUT2D eigenvalue weighted by Crippen LogP contribution is -2.35. The van der Waals surface area contributed by atoms with Crippen LogP contribution in [-0.4, -0.2) is 39.4 Å². The van der Waals surface area contributed by atoms with Gasteiger partial charge in [-0.1, -0.05) is 70.1 Å². The lowest BCUT2D eigenvalue weighted by molar-refractivity contribution is -0.127. The van der Waals surface area contributed by atoms with Crippen LogP contribution in [0.25, 0.3) is 0 Å². The highest BCUT2D eigenvalue weighted by Crippen LogP contribution is 2.60. The number of rotatable bonds is 10. The highest BCUT2D eigenvalue weighted by Gasteiger charge is 2.54. The largest absolute Gasteiger partial charge is 0.393 e. The van der Waals surface area contributed by atoms with Gasteiger partial charge >= 0.3 is 0 Å². The van der Waals surface area contributed by atoms with Crippen molar-refractivity contribution >= 4 is 5.78 Å². The van der Waals surface area contributed by atoms with Crippen LogP contribution in [-0.2, 0) is 4.79 Å². The molecule has 4 rings (SSSR count). The summed E-state index contributed by atoms with van der Waals surface area (Å²) >= 11 is 0. The number of aliphatic hydroxyl groups is 3. The van der Waals surface area contributed by atoms with Crippen molar-refractivity contribution in [1.82, 2.24) is 0 Å². The van der Waals surface area contributed by atoms with Gasteiger partial charge in [0.25, 0.3) is 0 Å². The monoisotopic (exact) mass is 510 g/mol. The van der Waals surface area contributed by atoms with Gasteiger partial charge in [0, 0.05) is 12.8 Å². The minimum Gasteiger partial charge on any atom is -0.393 e. The highest BCUT2D eigenvalue weighted by atomic mass is 16.3. The van der Waals surface area contributed by atoms with Crippen molar-refractivity contribution in [3.8, 4) is 0 Å². The van der Waals surface area contributed by atoms with Crippen LogP contribution >= 0.6 is 0 Å². The number of hydrogen-bond acceptors (Lipinski definition) is 4. The van der Waals surface area contributed by atoms with E-state index < -0.39 is 23.7 Å². The van der Waals surface area contributed by atoms with E-state index in [1.54, 1.807) is 0 Å². The summed E-state index contributed by atoms with van der Waals surface area (Å²) in [7, 11) is 0. The van der Waals surface area contributed by atoms with Gasteiger partial charge in [-0.05, 0) is 92.1 Å². The number of ketones is 1. The number of unbranched alkanes of at least 4 members (excludes halogenated alkanes) is 2. The molecule has 206 valence electrons. The minimum absolute atomic E-state index is 0.229. The fourth-order valence-electron chi connectivity index (χ4n) is 7.87. The molecule has 0 spiro atoms. The van der Waals surface area contributed by atoms with E-state index in [0.29, 0.717) is 37.0 Å². The number of carbonyl (C=O) groups is 1. The summed E-state index contributed by atoms with van der Waals surface area (Å²) in [5, 5.41) is 31.3. The van der Waals surface area contributed by atoms with Crippen molar-refractivity contribution in [3.05, 3.63) is 47.6 Å². The van der Waals surface area contributed by atoms with Crippen molar-refractivity contribution in [1.29, 1.82) is 0 Å². The summed E-state index contributed by atoms with van der Waals surface area (Å²) in [6.07, 6.45) is 18.9. The average molecular weight is 511 g/mol. The average Bonchev–Trinajstić information content (AvgIpc) is 3.60. The van der Waals surface area contributed by atoms with Crippen LogP contribution in [0.4, 0.5) is 0 Å². The summed E-state index contributed by atoms with van der Waals surface area (Å²) in [5.74, 6) is 1.72. The maximum absolute atomic E-state index is 12.8. The maximum atomic E-state index is 12.8. The minimum atomic E-state index is -0.656. The molecule has 4 saturated carbocycles. The van der Waals surface area contributed by atoms with Crippen LogP contribution in [0.2, 0.25) is 0 Å². The standard InChI is InChI=1S/C33H50O4/c1-5-6-7-10-30(36)33(18-19-33)31(37)16-11-22(2)27-14-15-28-24(9-8-17-32(27,28)4)12-13-25-20-26(34)21-29(35)23(25)3/h11-13,16,22,26-29,31,34-35,37H,3,5-10,14-15,17-21H2,1-2,4H3/b16-11+,24-12+,25-13-/t22-,26-,27-,28+,29+,31+,32-/m1/s1. The van der Waals surface area contributed by atoms with Crippen LogP contribution in [0.5, 0.6) is 0 Å². The Labute approximate surface area is 224 Å². The van der Waals surface area contributed by atoms with Crippen LogP contribution in [0.3, 0.4) is 0 Å². The Morgan fingerprint density at radius 1 is 1.14 bits per heavy atom. The normalized spacial score (nSPS) is 37.2. The number of fused-ring (bicyclic) bond motifs is 1. The van der Waals surface area contributed by atoms with Crippen LogP contribution in [0.15, 0.2) is 47.6 Å². The van der Waals surface area contributed by atoms with Crippen molar-refractivity contribution in [2.45, 2.75) is 123 Å². The van der Waals surface area contributed by atoms with Crippen LogP contribution in [0, 0.1) is 28.6 Å².